The fourth-order valence-electron chi connectivity index (χ4n) is 1.98. The second-order valence-corrected chi connectivity index (χ2v) is 4.59. The van der Waals surface area contributed by atoms with Gasteiger partial charge < -0.3 is 14.8 Å². The van der Waals surface area contributed by atoms with Gasteiger partial charge in [0.1, 0.15) is 6.07 Å². The Hall–Kier alpha value is -3.08. The molecule has 0 radical (unpaired) electrons. The van der Waals surface area contributed by atoms with Crippen molar-refractivity contribution in [3.63, 3.8) is 0 Å². The van der Waals surface area contributed by atoms with Gasteiger partial charge >= 0.3 is 5.97 Å². The summed E-state index contributed by atoms with van der Waals surface area (Å²) in [6.45, 7) is 1.70. The van der Waals surface area contributed by atoms with Crippen molar-refractivity contribution < 1.29 is 14.3 Å². The van der Waals surface area contributed by atoms with E-state index in [0.717, 1.165) is 5.56 Å². The van der Waals surface area contributed by atoms with Crippen LogP contribution in [0.2, 0.25) is 0 Å². The first-order chi connectivity index (χ1) is 11.1. The molecule has 1 N–H and O–H groups in total. The van der Waals surface area contributed by atoms with E-state index >= 15 is 0 Å². The van der Waals surface area contributed by atoms with Gasteiger partial charge in [0.05, 0.1) is 24.2 Å². The van der Waals surface area contributed by atoms with E-state index in [2.05, 4.69) is 15.4 Å². The number of ether oxygens (including phenoxy) is 2. The lowest BCUT2D eigenvalue weighted by Gasteiger charge is -2.12. The van der Waals surface area contributed by atoms with E-state index in [-0.39, 0.29) is 24.7 Å². The van der Waals surface area contributed by atoms with E-state index in [0.29, 0.717) is 11.4 Å². The number of hydrogen-bond acceptors (Lipinski definition) is 7. The molecule has 0 bridgehead atoms. The van der Waals surface area contributed by atoms with E-state index in [9.17, 15) is 10.1 Å². The molecule has 0 aliphatic rings. The van der Waals surface area contributed by atoms with Crippen molar-refractivity contribution in [2.45, 2.75) is 6.92 Å². The number of pyridine rings is 1. The van der Waals surface area contributed by atoms with Crippen LogP contribution >= 0.6 is 0 Å². The number of carbonyl (C=O) groups is 1. The first kappa shape index (κ1) is 16.3. The lowest BCUT2D eigenvalue weighted by molar-refractivity contribution is -0.145. The standard InChI is InChI=1S/C15H17N5O3/c1-4-22-14(21)9-23-13-5-11(17-2)15(19-12(13)6-16)10-7-18-20(3)8-10/h5,7-8,17H,4,9H2,1-3H3. The average molecular weight is 315 g/mol. The Balaban J connectivity index is 2.34. The molecule has 2 aromatic heterocycles. The minimum atomic E-state index is -0.501. The number of anilines is 1. The Morgan fingerprint density at radius 2 is 2.30 bits per heavy atom. The van der Waals surface area contributed by atoms with Gasteiger partial charge in [0.25, 0.3) is 0 Å². The summed E-state index contributed by atoms with van der Waals surface area (Å²) in [4.78, 5) is 15.7. The number of nitrogens with one attached hydrogen (secondary N) is 1. The molecule has 0 atom stereocenters. The maximum Gasteiger partial charge on any atom is 0.344 e. The smallest absolute Gasteiger partial charge is 0.344 e. The van der Waals surface area contributed by atoms with Crippen molar-refractivity contribution in [2.75, 3.05) is 25.6 Å². The second kappa shape index (κ2) is 7.26. The minimum Gasteiger partial charge on any atom is -0.479 e. The molecule has 0 aliphatic carbocycles. The molecule has 2 rings (SSSR count). The van der Waals surface area contributed by atoms with Crippen molar-refractivity contribution in [3.8, 4) is 23.1 Å². The zero-order chi connectivity index (χ0) is 16.8. The summed E-state index contributed by atoms with van der Waals surface area (Å²) in [5.41, 5.74) is 2.11. The van der Waals surface area contributed by atoms with Gasteiger partial charge in [0.15, 0.2) is 18.1 Å². The van der Waals surface area contributed by atoms with Gasteiger partial charge in [-0.25, -0.2) is 9.78 Å². The van der Waals surface area contributed by atoms with Crippen LogP contribution in [0.25, 0.3) is 11.3 Å². The molecule has 2 aromatic rings. The molecule has 120 valence electrons. The zero-order valence-electron chi connectivity index (χ0n) is 13.2. The second-order valence-electron chi connectivity index (χ2n) is 4.59. The number of nitrogens with zero attached hydrogens (tertiary/aromatic N) is 4. The fraction of sp³-hybridized carbons (Fsp3) is 0.333. The van der Waals surface area contributed by atoms with Crippen molar-refractivity contribution in [1.29, 1.82) is 5.26 Å². The highest BCUT2D eigenvalue weighted by Crippen LogP contribution is 2.31. The summed E-state index contributed by atoms with van der Waals surface area (Å²) in [7, 11) is 3.53. The Labute approximate surface area is 133 Å². The van der Waals surface area contributed by atoms with Gasteiger partial charge in [-0.2, -0.15) is 10.4 Å². The SMILES string of the molecule is CCOC(=O)COc1cc(NC)c(-c2cnn(C)c2)nc1C#N. The third-order valence-corrected chi connectivity index (χ3v) is 2.99. The Morgan fingerprint density at radius 1 is 1.52 bits per heavy atom. The van der Waals surface area contributed by atoms with Crippen molar-refractivity contribution in [3.05, 3.63) is 24.2 Å². The van der Waals surface area contributed by atoms with Crippen LogP contribution < -0.4 is 10.1 Å². The quantitative estimate of drug-likeness (QED) is 0.802. The largest absolute Gasteiger partial charge is 0.479 e. The molecule has 0 aliphatic heterocycles. The highest BCUT2D eigenvalue weighted by Gasteiger charge is 2.16. The molecule has 8 heteroatoms. The van der Waals surface area contributed by atoms with Gasteiger partial charge in [-0.05, 0) is 6.92 Å². The number of rotatable bonds is 6. The molecule has 2 heterocycles. The highest BCUT2D eigenvalue weighted by molar-refractivity contribution is 5.76. The van der Waals surface area contributed by atoms with Crippen molar-refractivity contribution in [1.82, 2.24) is 14.8 Å². The van der Waals surface area contributed by atoms with Gasteiger partial charge in [0.2, 0.25) is 0 Å². The van der Waals surface area contributed by atoms with Crippen molar-refractivity contribution in [2.24, 2.45) is 7.05 Å². The molecule has 0 spiro atoms. The van der Waals surface area contributed by atoms with Crippen LogP contribution in [-0.2, 0) is 16.6 Å². The van der Waals surface area contributed by atoms with Crippen molar-refractivity contribution >= 4 is 11.7 Å². The monoisotopic (exact) mass is 315 g/mol. The molecule has 23 heavy (non-hydrogen) atoms. The number of esters is 1. The zero-order valence-corrected chi connectivity index (χ0v) is 13.2. The number of aromatic nitrogens is 3. The highest BCUT2D eigenvalue weighted by atomic mass is 16.6. The summed E-state index contributed by atoms with van der Waals surface area (Å²) in [6.07, 6.45) is 3.45. The van der Waals surface area contributed by atoms with Crippen LogP contribution in [0.3, 0.4) is 0 Å². The summed E-state index contributed by atoms with van der Waals surface area (Å²) < 4.78 is 11.8. The number of hydrogen-bond donors (Lipinski definition) is 1. The van der Waals surface area contributed by atoms with Gasteiger partial charge in [-0.3, -0.25) is 4.68 Å². The predicted octanol–water partition coefficient (Wildman–Crippen LogP) is 1.34. The Bertz CT molecular complexity index is 748. The molecular formula is C15H17N5O3. The molecule has 0 saturated carbocycles. The predicted molar refractivity (Wildman–Crippen MR) is 82.8 cm³/mol. The summed E-state index contributed by atoms with van der Waals surface area (Å²) in [5, 5.41) is 16.4. The van der Waals surface area contributed by atoms with E-state index < -0.39 is 5.97 Å². The Kier molecular flexibility index (Phi) is 5.15. The first-order valence-electron chi connectivity index (χ1n) is 6.99. The van der Waals surface area contributed by atoms with E-state index in [1.165, 1.54) is 0 Å². The third kappa shape index (κ3) is 3.77. The van der Waals surface area contributed by atoms with Crippen LogP contribution in [0.15, 0.2) is 18.5 Å². The molecule has 0 fully saturated rings. The topological polar surface area (TPSA) is 102 Å². The summed E-state index contributed by atoms with van der Waals surface area (Å²) in [5.74, 6) is -0.281. The van der Waals surface area contributed by atoms with Crippen LogP contribution in [0.4, 0.5) is 5.69 Å². The molecule has 0 amide bonds. The molecule has 0 saturated heterocycles. The van der Waals surface area contributed by atoms with E-state index in [1.54, 1.807) is 44.2 Å². The number of nitriles is 1. The lowest BCUT2D eigenvalue weighted by Crippen LogP contribution is -2.15. The van der Waals surface area contributed by atoms with Gasteiger partial charge in [0, 0.05) is 31.9 Å². The minimum absolute atomic E-state index is 0.0900. The average Bonchev–Trinajstić information content (AvgIpc) is 2.98. The normalized spacial score (nSPS) is 10.0. The van der Waals surface area contributed by atoms with Crippen LogP contribution in [0.5, 0.6) is 5.75 Å². The van der Waals surface area contributed by atoms with Crippen LogP contribution in [0, 0.1) is 11.3 Å². The molecule has 0 unspecified atom stereocenters. The Morgan fingerprint density at radius 3 is 2.87 bits per heavy atom. The first-order valence-corrected chi connectivity index (χ1v) is 6.99. The fourth-order valence-corrected chi connectivity index (χ4v) is 1.98. The maximum absolute atomic E-state index is 11.4. The maximum atomic E-state index is 11.4. The number of aryl methyl sites for hydroxylation is 1. The van der Waals surface area contributed by atoms with E-state index in [4.69, 9.17) is 9.47 Å². The summed E-state index contributed by atoms with van der Waals surface area (Å²) >= 11 is 0. The third-order valence-electron chi connectivity index (χ3n) is 2.99. The van der Waals surface area contributed by atoms with Gasteiger partial charge in [-0.1, -0.05) is 0 Å². The molecular weight excluding hydrogens is 298 g/mol. The van der Waals surface area contributed by atoms with E-state index in [1.807, 2.05) is 6.07 Å². The summed E-state index contributed by atoms with van der Waals surface area (Å²) in [6, 6.07) is 3.61. The number of carbonyl (C=O) groups excluding carboxylic acids is 1. The van der Waals surface area contributed by atoms with Crippen LogP contribution in [0.1, 0.15) is 12.6 Å². The lowest BCUT2D eigenvalue weighted by atomic mass is 10.1. The van der Waals surface area contributed by atoms with Gasteiger partial charge in [-0.15, -0.1) is 0 Å². The molecule has 0 aromatic carbocycles. The molecule has 8 nitrogen and oxygen atoms in total. The van der Waals surface area contributed by atoms with Crippen LogP contribution in [-0.4, -0.2) is 41.0 Å².